The highest BCUT2D eigenvalue weighted by atomic mass is 16.5. The highest BCUT2D eigenvalue weighted by molar-refractivity contribution is 5.34. The van der Waals surface area contributed by atoms with Crippen LogP contribution in [0.4, 0.5) is 0 Å². The fraction of sp³-hybridized carbons (Fsp3) is 0.333. The van der Waals surface area contributed by atoms with E-state index in [0.29, 0.717) is 6.04 Å². The van der Waals surface area contributed by atoms with Gasteiger partial charge in [-0.1, -0.05) is 42.0 Å². The highest BCUT2D eigenvalue weighted by Gasteiger charge is 2.09. The number of para-hydroxylation sites is 1. The summed E-state index contributed by atoms with van der Waals surface area (Å²) in [7, 11) is 1.71. The standard InChI is InChI=1S/C18H23NO/c1-13-9-10-17(14(2)11-13)15(3)19-12-16-7-5-6-8-18(16)20-4/h5-11,15,19H,12H2,1-4H3. The number of ether oxygens (including phenoxy) is 1. The van der Waals surface area contributed by atoms with Crippen LogP contribution in [0.2, 0.25) is 0 Å². The Morgan fingerprint density at radius 2 is 1.85 bits per heavy atom. The van der Waals surface area contributed by atoms with E-state index in [1.54, 1.807) is 7.11 Å². The van der Waals surface area contributed by atoms with Gasteiger partial charge in [0.25, 0.3) is 0 Å². The van der Waals surface area contributed by atoms with Crippen molar-refractivity contribution in [3.05, 3.63) is 64.7 Å². The van der Waals surface area contributed by atoms with E-state index in [-0.39, 0.29) is 0 Å². The van der Waals surface area contributed by atoms with Crippen LogP contribution in [0.25, 0.3) is 0 Å². The van der Waals surface area contributed by atoms with Gasteiger partial charge in [-0.3, -0.25) is 0 Å². The normalized spacial score (nSPS) is 12.2. The molecule has 0 spiro atoms. The van der Waals surface area contributed by atoms with Crippen molar-refractivity contribution in [3.8, 4) is 5.75 Å². The van der Waals surface area contributed by atoms with Crippen LogP contribution in [-0.2, 0) is 6.54 Å². The largest absolute Gasteiger partial charge is 0.496 e. The Hall–Kier alpha value is -1.80. The molecule has 0 aliphatic heterocycles. The van der Waals surface area contributed by atoms with Crippen LogP contribution in [0.15, 0.2) is 42.5 Å². The van der Waals surface area contributed by atoms with Crippen molar-refractivity contribution in [2.24, 2.45) is 0 Å². The summed E-state index contributed by atoms with van der Waals surface area (Å²) in [5.74, 6) is 0.938. The molecule has 2 rings (SSSR count). The maximum Gasteiger partial charge on any atom is 0.123 e. The molecule has 0 radical (unpaired) electrons. The number of methoxy groups -OCH3 is 1. The van der Waals surface area contributed by atoms with Crippen molar-refractivity contribution in [1.29, 1.82) is 0 Å². The second kappa shape index (κ2) is 6.58. The van der Waals surface area contributed by atoms with Crippen molar-refractivity contribution >= 4 is 0 Å². The number of benzene rings is 2. The van der Waals surface area contributed by atoms with Crippen molar-refractivity contribution in [1.82, 2.24) is 5.32 Å². The zero-order chi connectivity index (χ0) is 14.5. The smallest absolute Gasteiger partial charge is 0.123 e. The Balaban J connectivity index is 2.06. The Bertz CT molecular complexity index is 577. The van der Waals surface area contributed by atoms with Crippen molar-refractivity contribution < 1.29 is 4.74 Å². The molecule has 1 atom stereocenters. The topological polar surface area (TPSA) is 21.3 Å². The molecule has 0 fully saturated rings. The summed E-state index contributed by atoms with van der Waals surface area (Å²) >= 11 is 0. The van der Waals surface area contributed by atoms with E-state index >= 15 is 0 Å². The Kier molecular flexibility index (Phi) is 4.80. The summed E-state index contributed by atoms with van der Waals surface area (Å²) in [6.07, 6.45) is 0. The van der Waals surface area contributed by atoms with Gasteiger partial charge in [-0.25, -0.2) is 0 Å². The third kappa shape index (κ3) is 3.40. The minimum absolute atomic E-state index is 0.320. The van der Waals surface area contributed by atoms with Gasteiger partial charge in [0.15, 0.2) is 0 Å². The minimum Gasteiger partial charge on any atom is -0.496 e. The van der Waals surface area contributed by atoms with Crippen molar-refractivity contribution in [3.63, 3.8) is 0 Å². The van der Waals surface area contributed by atoms with Crippen LogP contribution in [0.3, 0.4) is 0 Å². The molecule has 0 aliphatic carbocycles. The van der Waals surface area contributed by atoms with E-state index in [0.717, 1.165) is 12.3 Å². The molecule has 2 aromatic rings. The van der Waals surface area contributed by atoms with Crippen molar-refractivity contribution in [2.75, 3.05) is 7.11 Å². The fourth-order valence-electron chi connectivity index (χ4n) is 2.53. The van der Waals surface area contributed by atoms with Gasteiger partial charge in [0, 0.05) is 18.2 Å². The summed E-state index contributed by atoms with van der Waals surface area (Å²) in [4.78, 5) is 0. The molecule has 1 N–H and O–H groups in total. The van der Waals surface area contributed by atoms with Crippen LogP contribution in [0, 0.1) is 13.8 Å². The molecule has 2 aromatic carbocycles. The van der Waals surface area contributed by atoms with Crippen LogP contribution in [-0.4, -0.2) is 7.11 Å². The summed E-state index contributed by atoms with van der Waals surface area (Å²) in [5, 5.41) is 3.57. The molecule has 106 valence electrons. The van der Waals surface area contributed by atoms with Gasteiger partial charge < -0.3 is 10.1 Å². The van der Waals surface area contributed by atoms with Crippen LogP contribution < -0.4 is 10.1 Å². The number of rotatable bonds is 5. The lowest BCUT2D eigenvalue weighted by molar-refractivity contribution is 0.406. The summed E-state index contributed by atoms with van der Waals surface area (Å²) in [6.45, 7) is 7.30. The third-order valence-electron chi connectivity index (χ3n) is 3.68. The Labute approximate surface area is 121 Å². The first kappa shape index (κ1) is 14.6. The van der Waals surface area contributed by atoms with Gasteiger partial charge in [0.2, 0.25) is 0 Å². The molecule has 2 nitrogen and oxygen atoms in total. The quantitative estimate of drug-likeness (QED) is 0.880. The molecule has 0 aromatic heterocycles. The molecule has 0 amide bonds. The highest BCUT2D eigenvalue weighted by Crippen LogP contribution is 2.21. The second-order valence-electron chi connectivity index (χ2n) is 5.27. The van der Waals surface area contributed by atoms with E-state index in [9.17, 15) is 0 Å². The number of nitrogens with one attached hydrogen (secondary N) is 1. The molecule has 0 saturated carbocycles. The molecule has 1 unspecified atom stereocenters. The number of aryl methyl sites for hydroxylation is 2. The minimum atomic E-state index is 0.320. The summed E-state index contributed by atoms with van der Waals surface area (Å²) < 4.78 is 5.38. The molecule has 2 heteroatoms. The van der Waals surface area contributed by atoms with Gasteiger partial charge in [-0.05, 0) is 38.0 Å². The summed E-state index contributed by atoms with van der Waals surface area (Å²) in [6, 6.07) is 15.1. The Morgan fingerprint density at radius 1 is 1.10 bits per heavy atom. The van der Waals surface area contributed by atoms with Crippen LogP contribution >= 0.6 is 0 Å². The first-order valence-electron chi connectivity index (χ1n) is 7.04. The fourth-order valence-corrected chi connectivity index (χ4v) is 2.53. The van der Waals surface area contributed by atoms with E-state index in [4.69, 9.17) is 4.74 Å². The zero-order valence-corrected chi connectivity index (χ0v) is 12.7. The molecule has 0 bridgehead atoms. The molecule has 0 saturated heterocycles. The lowest BCUT2D eigenvalue weighted by Gasteiger charge is -2.18. The van der Waals surface area contributed by atoms with E-state index in [1.165, 1.54) is 22.3 Å². The number of hydrogen-bond acceptors (Lipinski definition) is 2. The summed E-state index contributed by atoms with van der Waals surface area (Å²) in [5.41, 5.74) is 5.19. The first-order chi connectivity index (χ1) is 9.61. The van der Waals surface area contributed by atoms with Gasteiger partial charge in [0.05, 0.1) is 7.11 Å². The molecule has 0 heterocycles. The average Bonchev–Trinajstić information content (AvgIpc) is 2.45. The van der Waals surface area contributed by atoms with Crippen molar-refractivity contribution in [2.45, 2.75) is 33.4 Å². The van der Waals surface area contributed by atoms with E-state index < -0.39 is 0 Å². The maximum absolute atomic E-state index is 5.38. The predicted molar refractivity (Wildman–Crippen MR) is 84.2 cm³/mol. The lowest BCUT2D eigenvalue weighted by Crippen LogP contribution is -2.19. The maximum atomic E-state index is 5.38. The lowest BCUT2D eigenvalue weighted by atomic mass is 10.00. The second-order valence-corrected chi connectivity index (χ2v) is 5.27. The third-order valence-corrected chi connectivity index (χ3v) is 3.68. The number of hydrogen-bond donors (Lipinski definition) is 1. The zero-order valence-electron chi connectivity index (χ0n) is 12.7. The van der Waals surface area contributed by atoms with Gasteiger partial charge in [-0.2, -0.15) is 0 Å². The van der Waals surface area contributed by atoms with Gasteiger partial charge >= 0.3 is 0 Å². The average molecular weight is 269 g/mol. The van der Waals surface area contributed by atoms with Gasteiger partial charge in [-0.15, -0.1) is 0 Å². The van der Waals surface area contributed by atoms with Gasteiger partial charge in [0.1, 0.15) is 5.75 Å². The van der Waals surface area contributed by atoms with Crippen LogP contribution in [0.5, 0.6) is 5.75 Å². The van der Waals surface area contributed by atoms with E-state index in [2.05, 4.69) is 50.4 Å². The SMILES string of the molecule is COc1ccccc1CNC(C)c1ccc(C)cc1C. The molecule has 20 heavy (non-hydrogen) atoms. The predicted octanol–water partition coefficient (Wildman–Crippen LogP) is 4.16. The van der Waals surface area contributed by atoms with Crippen LogP contribution in [0.1, 0.15) is 35.2 Å². The van der Waals surface area contributed by atoms with E-state index in [1.807, 2.05) is 18.2 Å². The molecule has 0 aliphatic rings. The Morgan fingerprint density at radius 3 is 2.55 bits per heavy atom. The molecular formula is C18H23NO. The molecular weight excluding hydrogens is 246 g/mol. The first-order valence-corrected chi connectivity index (χ1v) is 7.04. The monoisotopic (exact) mass is 269 g/mol.